The molecule has 0 unspecified atom stereocenters. The van der Waals surface area contributed by atoms with E-state index in [1.54, 1.807) is 35.2 Å². The first-order valence-corrected chi connectivity index (χ1v) is 8.90. The van der Waals surface area contributed by atoms with Gasteiger partial charge in [0, 0.05) is 45.3 Å². The van der Waals surface area contributed by atoms with Gasteiger partial charge in [-0.25, -0.2) is 4.98 Å². The normalized spacial score (nSPS) is 28.0. The molecule has 0 bridgehead atoms. The van der Waals surface area contributed by atoms with Gasteiger partial charge in [-0.15, -0.1) is 11.3 Å². The van der Waals surface area contributed by atoms with Crippen LogP contribution in [0.3, 0.4) is 0 Å². The second-order valence-corrected chi connectivity index (χ2v) is 7.90. The van der Waals surface area contributed by atoms with Crippen LogP contribution in [0.5, 0.6) is 0 Å². The van der Waals surface area contributed by atoms with Crippen LogP contribution in [0.4, 0.5) is 0 Å². The highest BCUT2D eigenvalue weighted by molar-refractivity contribution is 7.09. The first-order chi connectivity index (χ1) is 10.9. The van der Waals surface area contributed by atoms with E-state index in [1.165, 1.54) is 0 Å². The molecular formula is C16H24N4O2S. The summed E-state index contributed by atoms with van der Waals surface area (Å²) in [7, 11) is 3.46. The molecule has 2 amide bonds. The Morgan fingerprint density at radius 2 is 2.30 bits per heavy atom. The molecule has 0 saturated carbocycles. The summed E-state index contributed by atoms with van der Waals surface area (Å²) in [4.78, 5) is 34.8. The van der Waals surface area contributed by atoms with E-state index < -0.39 is 0 Å². The standard InChI is InChI=1S/C16H24N4O2S/c1-12-8-19(9-13-17-5-7-23-13)11-16(12)4-6-20(15(16)22)10-14(21)18(2)3/h5,7,12H,4,6,8-11H2,1-3H3/t12-,16-/m1/s1. The Bertz CT molecular complexity index is 589. The Morgan fingerprint density at radius 3 is 2.96 bits per heavy atom. The van der Waals surface area contributed by atoms with Crippen molar-refractivity contribution in [2.24, 2.45) is 11.3 Å². The number of carbonyl (C=O) groups excluding carboxylic acids is 2. The third-order valence-electron chi connectivity index (χ3n) is 5.19. The minimum Gasteiger partial charge on any atom is -0.347 e. The summed E-state index contributed by atoms with van der Waals surface area (Å²) in [6.45, 7) is 5.56. The fraction of sp³-hybridized carbons (Fsp3) is 0.688. The minimum atomic E-state index is -0.316. The molecule has 1 aromatic heterocycles. The fourth-order valence-electron chi connectivity index (χ4n) is 3.74. The van der Waals surface area contributed by atoms with E-state index in [-0.39, 0.29) is 23.8 Å². The van der Waals surface area contributed by atoms with Crippen molar-refractivity contribution in [1.29, 1.82) is 0 Å². The monoisotopic (exact) mass is 336 g/mol. The van der Waals surface area contributed by atoms with Crippen molar-refractivity contribution in [2.75, 3.05) is 40.3 Å². The Kier molecular flexibility index (Phi) is 4.42. The van der Waals surface area contributed by atoms with Crippen LogP contribution in [-0.4, -0.2) is 71.8 Å². The van der Waals surface area contributed by atoms with Crippen LogP contribution in [0.25, 0.3) is 0 Å². The van der Waals surface area contributed by atoms with Gasteiger partial charge in [0.2, 0.25) is 11.8 Å². The number of carbonyl (C=O) groups is 2. The molecule has 1 aromatic rings. The third kappa shape index (κ3) is 2.99. The third-order valence-corrected chi connectivity index (χ3v) is 5.95. The van der Waals surface area contributed by atoms with Gasteiger partial charge in [0.15, 0.2) is 0 Å². The molecule has 2 aliphatic rings. The highest BCUT2D eigenvalue weighted by atomic mass is 32.1. The Morgan fingerprint density at radius 1 is 1.52 bits per heavy atom. The van der Waals surface area contributed by atoms with E-state index in [2.05, 4.69) is 16.8 Å². The van der Waals surface area contributed by atoms with Gasteiger partial charge in [0.05, 0.1) is 18.5 Å². The smallest absolute Gasteiger partial charge is 0.241 e. The molecule has 0 N–H and O–H groups in total. The zero-order valence-electron chi connectivity index (χ0n) is 14.0. The minimum absolute atomic E-state index is 0.0132. The van der Waals surface area contributed by atoms with Crippen molar-refractivity contribution in [1.82, 2.24) is 19.7 Å². The molecule has 7 heteroatoms. The lowest BCUT2D eigenvalue weighted by Crippen LogP contribution is -2.43. The van der Waals surface area contributed by atoms with Gasteiger partial charge < -0.3 is 9.80 Å². The molecule has 3 heterocycles. The SMILES string of the molecule is C[C@@H]1CN(Cc2nccs2)C[C@]12CCN(CC(=O)N(C)C)C2=O. The second kappa shape index (κ2) is 6.20. The summed E-state index contributed by atoms with van der Waals surface area (Å²) < 4.78 is 0. The maximum atomic E-state index is 13.0. The summed E-state index contributed by atoms with van der Waals surface area (Å²) in [5, 5.41) is 3.08. The summed E-state index contributed by atoms with van der Waals surface area (Å²) >= 11 is 1.66. The Balaban J connectivity index is 1.67. The molecule has 2 fully saturated rings. The molecule has 2 saturated heterocycles. The van der Waals surface area contributed by atoms with Gasteiger partial charge >= 0.3 is 0 Å². The quantitative estimate of drug-likeness (QED) is 0.820. The summed E-state index contributed by atoms with van der Waals surface area (Å²) in [5.74, 6) is 0.456. The largest absolute Gasteiger partial charge is 0.347 e. The molecule has 0 radical (unpaired) electrons. The van der Waals surface area contributed by atoms with E-state index in [4.69, 9.17) is 0 Å². The number of aromatic nitrogens is 1. The number of amides is 2. The van der Waals surface area contributed by atoms with Gasteiger partial charge in [-0.3, -0.25) is 14.5 Å². The number of thiazole rings is 1. The molecule has 0 aromatic carbocycles. The number of likely N-dealkylation sites (tertiary alicyclic amines) is 2. The first-order valence-electron chi connectivity index (χ1n) is 8.02. The van der Waals surface area contributed by atoms with Crippen LogP contribution in [0.1, 0.15) is 18.4 Å². The molecule has 2 atom stereocenters. The lowest BCUT2D eigenvalue weighted by Gasteiger charge is -2.27. The Hall–Kier alpha value is -1.47. The van der Waals surface area contributed by atoms with Gasteiger partial charge in [0.1, 0.15) is 5.01 Å². The highest BCUT2D eigenvalue weighted by Gasteiger charge is 2.55. The van der Waals surface area contributed by atoms with Crippen molar-refractivity contribution in [3.8, 4) is 0 Å². The first kappa shape index (κ1) is 16.4. The number of hydrogen-bond acceptors (Lipinski definition) is 5. The lowest BCUT2D eigenvalue weighted by atomic mass is 9.78. The van der Waals surface area contributed by atoms with E-state index in [1.807, 2.05) is 11.6 Å². The van der Waals surface area contributed by atoms with E-state index in [0.717, 1.165) is 31.1 Å². The van der Waals surface area contributed by atoms with Gasteiger partial charge in [-0.1, -0.05) is 6.92 Å². The summed E-state index contributed by atoms with van der Waals surface area (Å²) in [5.41, 5.74) is -0.316. The van der Waals surface area contributed by atoms with Crippen LogP contribution >= 0.6 is 11.3 Å². The maximum Gasteiger partial charge on any atom is 0.241 e. The highest BCUT2D eigenvalue weighted by Crippen LogP contribution is 2.45. The molecule has 126 valence electrons. The number of nitrogens with zero attached hydrogens (tertiary/aromatic N) is 4. The zero-order valence-corrected chi connectivity index (χ0v) is 14.8. The zero-order chi connectivity index (χ0) is 16.6. The lowest BCUT2D eigenvalue weighted by molar-refractivity contribution is -0.142. The van der Waals surface area contributed by atoms with E-state index >= 15 is 0 Å². The average molecular weight is 336 g/mol. The summed E-state index contributed by atoms with van der Waals surface area (Å²) in [6.07, 6.45) is 2.67. The fourth-order valence-corrected chi connectivity index (χ4v) is 4.40. The van der Waals surface area contributed by atoms with E-state index in [9.17, 15) is 9.59 Å². The van der Waals surface area contributed by atoms with Crippen LogP contribution in [0, 0.1) is 11.3 Å². The van der Waals surface area contributed by atoms with Crippen LogP contribution in [-0.2, 0) is 16.1 Å². The molecule has 23 heavy (non-hydrogen) atoms. The molecular weight excluding hydrogens is 312 g/mol. The number of hydrogen-bond donors (Lipinski definition) is 0. The van der Waals surface area contributed by atoms with Gasteiger partial charge in [-0.2, -0.15) is 0 Å². The second-order valence-electron chi connectivity index (χ2n) is 6.92. The van der Waals surface area contributed by atoms with Crippen molar-refractivity contribution in [3.05, 3.63) is 16.6 Å². The summed E-state index contributed by atoms with van der Waals surface area (Å²) in [6, 6.07) is 0. The van der Waals surface area contributed by atoms with Crippen LogP contribution in [0.2, 0.25) is 0 Å². The van der Waals surface area contributed by atoms with Gasteiger partial charge in [0.25, 0.3) is 0 Å². The molecule has 6 nitrogen and oxygen atoms in total. The van der Waals surface area contributed by atoms with Crippen molar-refractivity contribution >= 4 is 23.2 Å². The predicted octanol–water partition coefficient (Wildman–Crippen LogP) is 0.902. The average Bonchev–Trinajstić information content (AvgIpc) is 3.18. The van der Waals surface area contributed by atoms with Crippen molar-refractivity contribution in [3.63, 3.8) is 0 Å². The molecule has 1 spiro atoms. The van der Waals surface area contributed by atoms with Crippen LogP contribution < -0.4 is 0 Å². The van der Waals surface area contributed by atoms with Crippen LogP contribution in [0.15, 0.2) is 11.6 Å². The number of likely N-dealkylation sites (N-methyl/N-ethyl adjacent to an activating group) is 1. The molecule has 0 aliphatic carbocycles. The van der Waals surface area contributed by atoms with Crippen molar-refractivity contribution < 1.29 is 9.59 Å². The topological polar surface area (TPSA) is 56.8 Å². The molecule has 2 aliphatic heterocycles. The maximum absolute atomic E-state index is 13.0. The van der Waals surface area contributed by atoms with Gasteiger partial charge in [-0.05, 0) is 12.3 Å². The molecule has 3 rings (SSSR count). The van der Waals surface area contributed by atoms with E-state index in [0.29, 0.717) is 12.5 Å². The predicted molar refractivity (Wildman–Crippen MR) is 88.9 cm³/mol. The Labute approximate surface area is 141 Å². The number of rotatable bonds is 4. The van der Waals surface area contributed by atoms with Crippen molar-refractivity contribution in [2.45, 2.75) is 19.9 Å².